The van der Waals surface area contributed by atoms with Crippen molar-refractivity contribution in [2.24, 2.45) is 0 Å². The van der Waals surface area contributed by atoms with Crippen LogP contribution in [0.1, 0.15) is 33.7 Å². The number of carbonyl (C=O) groups is 1. The van der Waals surface area contributed by atoms with Gasteiger partial charge in [0.2, 0.25) is 0 Å². The van der Waals surface area contributed by atoms with E-state index in [1.54, 1.807) is 6.07 Å². The summed E-state index contributed by atoms with van der Waals surface area (Å²) in [6, 6.07) is 8.66. The quantitative estimate of drug-likeness (QED) is 0.633. The predicted molar refractivity (Wildman–Crippen MR) is 106 cm³/mol. The summed E-state index contributed by atoms with van der Waals surface area (Å²) in [6.07, 6.45) is 1.58. The van der Waals surface area contributed by atoms with Crippen LogP contribution in [0.5, 0.6) is 0 Å². The van der Waals surface area contributed by atoms with Gasteiger partial charge >= 0.3 is 0 Å². The van der Waals surface area contributed by atoms with Gasteiger partial charge in [0.05, 0.1) is 12.0 Å². The zero-order valence-electron chi connectivity index (χ0n) is 16.0. The number of hydrogen-bond acceptors (Lipinski definition) is 5. The smallest absolute Gasteiger partial charge is 0.280 e. The molecule has 3 aromatic rings. The Balaban J connectivity index is 1.71. The summed E-state index contributed by atoms with van der Waals surface area (Å²) in [7, 11) is 0. The number of aliphatic hydroxyl groups is 1. The molecule has 9 heteroatoms. The molecule has 0 bridgehead atoms. The Kier molecular flexibility index (Phi) is 5.57. The van der Waals surface area contributed by atoms with Gasteiger partial charge in [0.15, 0.2) is 5.76 Å². The molecule has 1 aromatic carbocycles. The lowest BCUT2D eigenvalue weighted by atomic mass is 10.0. The topological polar surface area (TPSA) is 84.3 Å². The molecule has 3 heterocycles. The van der Waals surface area contributed by atoms with Crippen LogP contribution in [-0.4, -0.2) is 27.6 Å². The molecule has 0 saturated carbocycles. The molecule has 0 spiro atoms. The predicted octanol–water partition coefficient (Wildman–Crippen LogP) is 4.34. The number of aliphatic hydroxyl groups excluding tert-OH is 1. The minimum Gasteiger partial charge on any atom is -0.507 e. The Labute approximate surface area is 174 Å². The third-order valence-corrected chi connectivity index (χ3v) is 4.68. The molecule has 0 radical (unpaired) electrons. The lowest BCUT2D eigenvalue weighted by Gasteiger charge is -2.14. The highest BCUT2D eigenvalue weighted by Gasteiger charge is 2.18. The second-order valence-electron chi connectivity index (χ2n) is 6.80. The number of ether oxygens (including phenoxy) is 1. The molecule has 2 aromatic heterocycles. The van der Waals surface area contributed by atoms with Gasteiger partial charge in [-0.05, 0) is 41.8 Å². The van der Waals surface area contributed by atoms with Gasteiger partial charge in [-0.15, -0.1) is 0 Å². The van der Waals surface area contributed by atoms with Crippen LogP contribution in [0.3, 0.4) is 0 Å². The van der Waals surface area contributed by atoms with Gasteiger partial charge in [0, 0.05) is 11.6 Å². The Hall–Kier alpha value is -3.88. The first kappa shape index (κ1) is 20.4. The lowest BCUT2D eigenvalue weighted by Crippen LogP contribution is -2.26. The van der Waals surface area contributed by atoms with E-state index in [4.69, 9.17) is 4.74 Å². The molecular weight excluding hydrogens is 411 g/mol. The molecular formula is C22H16F3N3O3. The van der Waals surface area contributed by atoms with Gasteiger partial charge in [-0.1, -0.05) is 18.2 Å². The average molecular weight is 427 g/mol. The van der Waals surface area contributed by atoms with Gasteiger partial charge < -0.3 is 15.2 Å². The van der Waals surface area contributed by atoms with Crippen molar-refractivity contribution >= 4 is 16.8 Å². The Bertz CT molecular complexity index is 1210. The van der Waals surface area contributed by atoms with Crippen molar-refractivity contribution in [2.45, 2.75) is 12.8 Å². The highest BCUT2D eigenvalue weighted by molar-refractivity contribution is 5.97. The molecule has 2 N–H and O–H groups in total. The molecule has 4 rings (SSSR count). The number of alkyl halides is 2. The first-order chi connectivity index (χ1) is 14.9. The minimum atomic E-state index is -2.68. The van der Waals surface area contributed by atoms with Crippen molar-refractivity contribution in [1.29, 1.82) is 0 Å². The van der Waals surface area contributed by atoms with E-state index in [-0.39, 0.29) is 41.4 Å². The van der Waals surface area contributed by atoms with Crippen molar-refractivity contribution in [1.82, 2.24) is 15.3 Å². The largest absolute Gasteiger partial charge is 0.507 e. The highest BCUT2D eigenvalue weighted by Crippen LogP contribution is 2.24. The van der Waals surface area contributed by atoms with E-state index >= 15 is 0 Å². The van der Waals surface area contributed by atoms with Crippen LogP contribution in [0.4, 0.5) is 13.2 Å². The van der Waals surface area contributed by atoms with Gasteiger partial charge in [0.1, 0.15) is 29.3 Å². The average Bonchev–Trinajstić information content (AvgIpc) is 2.76. The van der Waals surface area contributed by atoms with Crippen LogP contribution in [0.15, 0.2) is 66.4 Å². The number of nitrogens with zero attached hydrogens (tertiary/aromatic N) is 2. The molecule has 0 unspecified atom stereocenters. The third-order valence-electron chi connectivity index (χ3n) is 4.68. The number of halogens is 3. The fourth-order valence-electron chi connectivity index (χ4n) is 3.15. The molecule has 0 saturated heterocycles. The number of benzene rings is 1. The van der Waals surface area contributed by atoms with E-state index in [2.05, 4.69) is 15.3 Å². The number of aromatic nitrogens is 2. The monoisotopic (exact) mass is 427 g/mol. The summed E-state index contributed by atoms with van der Waals surface area (Å²) in [5, 5.41) is 12.9. The van der Waals surface area contributed by atoms with Gasteiger partial charge in [-0.2, -0.15) is 0 Å². The standard InChI is InChI=1S/C22H16F3N3O3/c23-15-3-1-2-14-13(8-12-4-5-17(21(24)25)26-10-12)9-18(27-20(14)15)22(30)28-16-6-7-31-11-19(16)29/h1-7,9-10,21,29H,8,11H2,(H,28,30). The van der Waals surface area contributed by atoms with Crippen LogP contribution in [-0.2, 0) is 11.2 Å². The molecule has 1 aliphatic heterocycles. The van der Waals surface area contributed by atoms with Crippen molar-refractivity contribution < 1.29 is 27.8 Å². The van der Waals surface area contributed by atoms with E-state index in [9.17, 15) is 23.1 Å². The summed E-state index contributed by atoms with van der Waals surface area (Å²) in [5.41, 5.74) is 0.933. The van der Waals surface area contributed by atoms with Gasteiger partial charge in [0.25, 0.3) is 12.3 Å². The molecule has 6 nitrogen and oxygen atoms in total. The van der Waals surface area contributed by atoms with Crippen LogP contribution in [0.25, 0.3) is 10.9 Å². The summed E-state index contributed by atoms with van der Waals surface area (Å²) in [6.45, 7) is -0.0846. The fourth-order valence-corrected chi connectivity index (χ4v) is 3.15. The van der Waals surface area contributed by atoms with E-state index in [0.717, 1.165) is 0 Å². The van der Waals surface area contributed by atoms with E-state index in [0.29, 0.717) is 16.5 Å². The normalized spacial score (nSPS) is 13.5. The van der Waals surface area contributed by atoms with Crippen molar-refractivity contribution in [3.8, 4) is 0 Å². The van der Waals surface area contributed by atoms with Crippen LogP contribution < -0.4 is 5.32 Å². The Morgan fingerprint density at radius 2 is 2.10 bits per heavy atom. The number of allylic oxidation sites excluding steroid dienone is 1. The number of para-hydroxylation sites is 1. The summed E-state index contributed by atoms with van der Waals surface area (Å²) in [4.78, 5) is 20.6. The molecule has 1 amide bonds. The number of amides is 1. The maximum Gasteiger partial charge on any atom is 0.280 e. The molecule has 1 aliphatic rings. The molecule has 31 heavy (non-hydrogen) atoms. The molecule has 0 atom stereocenters. The third kappa shape index (κ3) is 4.35. The van der Waals surface area contributed by atoms with E-state index in [1.807, 2.05) is 0 Å². The van der Waals surface area contributed by atoms with Crippen molar-refractivity contribution in [3.63, 3.8) is 0 Å². The highest BCUT2D eigenvalue weighted by atomic mass is 19.3. The van der Waals surface area contributed by atoms with Crippen molar-refractivity contribution in [2.75, 3.05) is 6.61 Å². The number of pyridine rings is 2. The summed E-state index contributed by atoms with van der Waals surface area (Å²) >= 11 is 0. The van der Waals surface area contributed by atoms with E-state index < -0.39 is 18.1 Å². The van der Waals surface area contributed by atoms with Crippen LogP contribution in [0, 0.1) is 5.82 Å². The van der Waals surface area contributed by atoms with Crippen molar-refractivity contribution in [3.05, 3.63) is 94.7 Å². The number of fused-ring (bicyclic) bond motifs is 1. The zero-order valence-corrected chi connectivity index (χ0v) is 16.0. The zero-order chi connectivity index (χ0) is 22.0. The number of nitrogens with one attached hydrogen (secondary N) is 1. The Morgan fingerprint density at radius 3 is 2.81 bits per heavy atom. The number of carbonyl (C=O) groups excluding carboxylic acids is 1. The summed E-state index contributed by atoms with van der Waals surface area (Å²) in [5.74, 6) is -1.41. The lowest BCUT2D eigenvalue weighted by molar-refractivity contribution is 0.0957. The summed E-state index contributed by atoms with van der Waals surface area (Å²) < 4.78 is 44.9. The van der Waals surface area contributed by atoms with Crippen LogP contribution in [0.2, 0.25) is 0 Å². The first-order valence-corrected chi connectivity index (χ1v) is 9.25. The Morgan fingerprint density at radius 1 is 1.26 bits per heavy atom. The second kappa shape index (κ2) is 8.47. The maximum atomic E-state index is 14.4. The molecule has 158 valence electrons. The minimum absolute atomic E-state index is 0.00281. The van der Waals surface area contributed by atoms with Crippen LogP contribution >= 0.6 is 0 Å². The molecule has 0 fully saturated rings. The SMILES string of the molecule is O=C(NC1=C(O)COC=C1)c1cc(Cc2ccc(C(F)F)nc2)c2cccc(F)c2n1. The van der Waals surface area contributed by atoms with E-state index in [1.165, 1.54) is 48.9 Å². The fraction of sp³-hybridized carbons (Fsp3) is 0.136. The van der Waals surface area contributed by atoms with Gasteiger partial charge in [-0.25, -0.2) is 18.2 Å². The number of hydrogen-bond donors (Lipinski definition) is 2. The first-order valence-electron chi connectivity index (χ1n) is 9.25. The number of rotatable bonds is 5. The second-order valence-corrected chi connectivity index (χ2v) is 6.80. The van der Waals surface area contributed by atoms with Gasteiger partial charge in [-0.3, -0.25) is 9.78 Å². The molecule has 0 aliphatic carbocycles. The maximum absolute atomic E-state index is 14.4.